The molecule has 0 amide bonds. The van der Waals surface area contributed by atoms with Gasteiger partial charge < -0.3 is 51.6 Å². The van der Waals surface area contributed by atoms with Crippen molar-refractivity contribution in [3.8, 4) is 0 Å². The average Bonchev–Trinajstić information content (AvgIpc) is 3.22. The van der Waals surface area contributed by atoms with Gasteiger partial charge in [0.25, 0.3) is 30.4 Å². The van der Waals surface area contributed by atoms with Crippen LogP contribution in [0.15, 0.2) is 46.2 Å². The fourth-order valence-corrected chi connectivity index (χ4v) is 7.00. The summed E-state index contributed by atoms with van der Waals surface area (Å²) in [6, 6.07) is 7.42. The van der Waals surface area contributed by atoms with Gasteiger partial charge in [-0.1, -0.05) is 29.3 Å². The predicted molar refractivity (Wildman–Crippen MR) is 231 cm³/mol. The molecule has 0 unspecified atom stereocenters. The Morgan fingerprint density at radius 2 is 0.969 bits per heavy atom. The lowest BCUT2D eigenvalue weighted by Crippen LogP contribution is -2.18. The molecule has 12 N–H and O–H groups in total. The summed E-state index contributed by atoms with van der Waals surface area (Å²) in [5.41, 5.74) is -0.112. The van der Waals surface area contributed by atoms with Crippen molar-refractivity contribution in [2.24, 2.45) is 0 Å². The molecular formula is C32H44N12O16S4. The third kappa shape index (κ3) is 18.5. The van der Waals surface area contributed by atoms with E-state index in [9.17, 15) is 34.4 Å². The van der Waals surface area contributed by atoms with E-state index >= 15 is 0 Å². The highest BCUT2D eigenvalue weighted by Gasteiger charge is 2.19. The van der Waals surface area contributed by atoms with Crippen LogP contribution < -0.4 is 31.9 Å². The molecule has 0 saturated heterocycles. The van der Waals surface area contributed by atoms with Crippen molar-refractivity contribution < 1.29 is 73.2 Å². The van der Waals surface area contributed by atoms with Gasteiger partial charge in [-0.05, 0) is 35.4 Å². The second-order valence-corrected chi connectivity index (χ2v) is 17.4. The first kappa shape index (κ1) is 51.4. The molecule has 64 heavy (non-hydrogen) atoms. The van der Waals surface area contributed by atoms with Crippen LogP contribution >= 0.6 is 12.0 Å². The lowest BCUT2D eigenvalue weighted by molar-refractivity contribution is -0.432. The molecule has 32 heteroatoms. The van der Waals surface area contributed by atoms with Crippen LogP contribution in [0.1, 0.15) is 11.1 Å². The Bertz CT molecular complexity index is 2480. The minimum Gasteiger partial charge on any atom is -0.394 e. The largest absolute Gasteiger partial charge is 0.394 e. The Morgan fingerprint density at radius 1 is 0.562 bits per heavy atom. The number of ether oxygens (including phenoxy) is 2. The van der Waals surface area contributed by atoms with E-state index in [0.29, 0.717) is 0 Å². The summed E-state index contributed by atoms with van der Waals surface area (Å²) in [5, 5.41) is 46.6. The molecule has 0 fully saturated rings. The second kappa shape index (κ2) is 25.3. The zero-order valence-electron chi connectivity index (χ0n) is 33.2. The molecule has 2 heterocycles. The summed E-state index contributed by atoms with van der Waals surface area (Å²) in [6.45, 7) is 0.504. The summed E-state index contributed by atoms with van der Waals surface area (Å²) in [6.07, 6.45) is 2.35. The number of aromatic nitrogens is 6. The van der Waals surface area contributed by atoms with Crippen LogP contribution in [-0.4, -0.2) is 162 Å². The first-order valence-corrected chi connectivity index (χ1v) is 23.7. The zero-order chi connectivity index (χ0) is 46.6. The van der Waals surface area contributed by atoms with Crippen LogP contribution in [0.2, 0.25) is 0 Å². The Hall–Kier alpha value is -5.20. The van der Waals surface area contributed by atoms with Gasteiger partial charge in [0.05, 0.1) is 45.4 Å². The highest BCUT2D eigenvalue weighted by Crippen LogP contribution is 2.28. The Morgan fingerprint density at radius 3 is 1.36 bits per heavy atom. The molecule has 0 bridgehead atoms. The van der Waals surface area contributed by atoms with Crippen LogP contribution in [0.5, 0.6) is 0 Å². The quantitative estimate of drug-likeness (QED) is 0.00859. The van der Waals surface area contributed by atoms with Crippen molar-refractivity contribution in [2.75, 3.05) is 109 Å². The minimum absolute atomic E-state index is 0.0282. The lowest BCUT2D eigenvalue weighted by Gasteiger charge is -2.13. The first-order chi connectivity index (χ1) is 30.5. The molecule has 2 aromatic carbocycles. The van der Waals surface area contributed by atoms with Gasteiger partial charge in [0.1, 0.15) is 9.79 Å². The smallest absolute Gasteiger partial charge is 0.295 e. The van der Waals surface area contributed by atoms with Gasteiger partial charge in [0.15, 0.2) is 0 Å². The third-order valence-electron chi connectivity index (χ3n) is 7.53. The highest BCUT2D eigenvalue weighted by molar-refractivity contribution is 7.94. The van der Waals surface area contributed by atoms with E-state index in [-0.39, 0.29) is 130 Å². The Kier molecular flexibility index (Phi) is 20.4. The number of anilines is 8. The second-order valence-electron chi connectivity index (χ2n) is 12.3. The standard InChI is InChI=1S/C32H44N12O16S4/c45-11-15-57-13-7-33-27-39-29(35-9-17-61-60-59-47)43-31(41-27)37-23-5-3-21(25(19-23)63(51,52)53)1-2-22-4-6-24(20-26(22)64(54,55)56)38-32-42-28(34-8-14-58-16-12-46)40-30(44-32)36-10-18-62(48,49)50/h1-6,19-20,45-47H,7-18H2,(H,48,49,50)(H,51,52,53)(H,54,55,56)(H3,33,35,37,39,41,43)(H3,34,36,38,40,42,44). The van der Waals surface area contributed by atoms with Crippen molar-refractivity contribution in [2.45, 2.75) is 9.79 Å². The number of rotatable bonds is 30. The van der Waals surface area contributed by atoms with E-state index in [1.165, 1.54) is 36.4 Å². The van der Waals surface area contributed by atoms with Gasteiger partial charge in [-0.3, -0.25) is 13.7 Å². The van der Waals surface area contributed by atoms with Crippen molar-refractivity contribution in [1.82, 2.24) is 29.9 Å². The molecule has 0 radical (unpaired) electrons. The fourth-order valence-electron chi connectivity index (χ4n) is 4.92. The molecule has 0 aliphatic rings. The molecule has 0 spiro atoms. The summed E-state index contributed by atoms with van der Waals surface area (Å²) in [7, 11) is -14.2. The summed E-state index contributed by atoms with van der Waals surface area (Å²) >= 11 is 0.780. The number of aliphatic hydroxyl groups excluding tert-OH is 2. The normalized spacial score (nSPS) is 12.0. The van der Waals surface area contributed by atoms with Gasteiger partial charge in [0.2, 0.25) is 35.7 Å². The van der Waals surface area contributed by atoms with Gasteiger partial charge in [-0.2, -0.15) is 55.2 Å². The Balaban J connectivity index is 1.60. The summed E-state index contributed by atoms with van der Waals surface area (Å²) < 4.78 is 117. The van der Waals surface area contributed by atoms with E-state index in [0.717, 1.165) is 24.2 Å². The maximum Gasteiger partial charge on any atom is 0.295 e. The third-order valence-corrected chi connectivity index (χ3v) is 10.6. The van der Waals surface area contributed by atoms with E-state index in [1.54, 1.807) is 0 Å². The van der Waals surface area contributed by atoms with Crippen LogP contribution in [0.4, 0.5) is 47.1 Å². The maximum atomic E-state index is 12.6. The number of nitrogens with zero attached hydrogens (tertiary/aromatic N) is 6. The van der Waals surface area contributed by atoms with E-state index < -0.39 is 45.9 Å². The van der Waals surface area contributed by atoms with Gasteiger partial charge in [-0.15, -0.1) is 4.33 Å². The number of hydrogen-bond acceptors (Lipinski definition) is 26. The van der Waals surface area contributed by atoms with Gasteiger partial charge in [0, 0.05) is 55.3 Å². The number of hydrogen-bond donors (Lipinski definition) is 12. The predicted octanol–water partition coefficient (Wildman–Crippen LogP) is 0.830. The monoisotopic (exact) mass is 980 g/mol. The summed E-state index contributed by atoms with van der Waals surface area (Å²) in [5.74, 6) is -0.701. The number of benzene rings is 2. The molecule has 2 aromatic heterocycles. The lowest BCUT2D eigenvalue weighted by atomic mass is 10.1. The van der Waals surface area contributed by atoms with Crippen LogP contribution in [0, 0.1) is 0 Å². The Labute approximate surface area is 370 Å². The van der Waals surface area contributed by atoms with Crippen molar-refractivity contribution in [3.63, 3.8) is 0 Å². The molecule has 4 aromatic rings. The van der Waals surface area contributed by atoms with E-state index in [4.69, 9.17) is 29.5 Å². The molecule has 0 atom stereocenters. The SMILES string of the molecule is O=S(=O)(O)CCNc1nc(NCCOCCO)nc(Nc2ccc(C=Cc3ccc(Nc4nc(NCCOCCO)nc(NCCSOOO)n4)cc3S(=O)(=O)O)c(S(=O)(=O)O)c2)n1. The highest BCUT2D eigenvalue weighted by atomic mass is 32.2. The molecule has 0 aliphatic heterocycles. The molecule has 352 valence electrons. The topological polar surface area (TPSA) is 410 Å². The molecule has 28 nitrogen and oxygen atoms in total. The van der Waals surface area contributed by atoms with Crippen molar-refractivity contribution in [3.05, 3.63) is 47.5 Å². The molecule has 4 rings (SSSR count). The van der Waals surface area contributed by atoms with Crippen LogP contribution in [0.25, 0.3) is 12.2 Å². The molecule has 0 saturated carbocycles. The van der Waals surface area contributed by atoms with Crippen molar-refractivity contribution >= 4 is 102 Å². The summed E-state index contributed by atoms with van der Waals surface area (Å²) in [4.78, 5) is 24.0. The van der Waals surface area contributed by atoms with Crippen molar-refractivity contribution in [1.29, 1.82) is 0 Å². The minimum atomic E-state index is -4.95. The number of aliphatic hydroxyl groups is 2. The van der Waals surface area contributed by atoms with Crippen LogP contribution in [0.3, 0.4) is 0 Å². The van der Waals surface area contributed by atoms with E-state index in [2.05, 4.69) is 71.2 Å². The van der Waals surface area contributed by atoms with Crippen LogP contribution in [-0.2, 0) is 49.2 Å². The first-order valence-electron chi connectivity index (χ1n) is 18.3. The number of nitrogens with one attached hydrogen (secondary N) is 6. The average molecular weight is 981 g/mol. The fraction of sp³-hybridized carbons (Fsp3) is 0.375. The molecular weight excluding hydrogens is 937 g/mol. The van der Waals surface area contributed by atoms with Gasteiger partial charge >= 0.3 is 0 Å². The molecule has 0 aliphatic carbocycles. The van der Waals surface area contributed by atoms with Gasteiger partial charge in [-0.25, -0.2) is 5.26 Å². The van der Waals surface area contributed by atoms with E-state index in [1.807, 2.05) is 0 Å². The zero-order valence-corrected chi connectivity index (χ0v) is 36.5. The maximum absolute atomic E-state index is 12.6.